The van der Waals surface area contributed by atoms with E-state index in [1.165, 1.54) is 12.1 Å². The van der Waals surface area contributed by atoms with Crippen LogP contribution in [0.15, 0.2) is 63.8 Å². The number of ether oxygens (including phenoxy) is 2. The van der Waals surface area contributed by atoms with E-state index >= 15 is 0 Å². The molecule has 1 aromatic heterocycles. The highest BCUT2D eigenvalue weighted by Crippen LogP contribution is 2.23. The van der Waals surface area contributed by atoms with Crippen LogP contribution < -0.4 is 15.1 Å². The van der Waals surface area contributed by atoms with Gasteiger partial charge < -0.3 is 13.9 Å². The predicted octanol–water partition coefficient (Wildman–Crippen LogP) is 3.98. The maximum Gasteiger partial charge on any atom is 0.336 e. The van der Waals surface area contributed by atoms with E-state index in [1.54, 1.807) is 37.5 Å². The van der Waals surface area contributed by atoms with Crippen molar-refractivity contribution in [1.82, 2.24) is 0 Å². The van der Waals surface area contributed by atoms with Gasteiger partial charge in [-0.2, -0.15) is 0 Å². The number of hydrogen-bond donors (Lipinski definition) is 0. The summed E-state index contributed by atoms with van der Waals surface area (Å²) in [5, 5.41) is 0.832. The molecule has 0 fully saturated rings. The van der Waals surface area contributed by atoms with E-state index in [-0.39, 0.29) is 0 Å². The molecule has 1 heterocycles. The molecule has 0 bridgehead atoms. The molecule has 0 aliphatic rings. The highest BCUT2D eigenvalue weighted by Gasteiger charge is 2.07. The lowest BCUT2D eigenvalue weighted by molar-refractivity contribution is -0.128. The molecule has 0 unspecified atom stereocenters. The van der Waals surface area contributed by atoms with Gasteiger partial charge in [-0.15, -0.1) is 0 Å². The molecule has 0 spiro atoms. The quantitative estimate of drug-likeness (QED) is 0.301. The highest BCUT2D eigenvalue weighted by atomic mass is 16.5. The van der Waals surface area contributed by atoms with Crippen LogP contribution >= 0.6 is 0 Å². The van der Waals surface area contributed by atoms with Crippen LogP contribution in [0.1, 0.15) is 18.1 Å². The summed E-state index contributed by atoms with van der Waals surface area (Å²) in [5.41, 5.74) is 1.69. The number of benzene rings is 2. The van der Waals surface area contributed by atoms with Crippen LogP contribution in [0, 0.1) is 0 Å². The highest BCUT2D eigenvalue weighted by molar-refractivity contribution is 5.89. The molecule has 132 valence electrons. The van der Waals surface area contributed by atoms with Crippen molar-refractivity contribution in [2.45, 2.75) is 13.3 Å². The van der Waals surface area contributed by atoms with Gasteiger partial charge in [-0.25, -0.2) is 9.59 Å². The summed E-state index contributed by atoms with van der Waals surface area (Å²) in [6.07, 6.45) is 3.68. The second kappa shape index (κ2) is 7.70. The molecular weight excluding hydrogens is 332 g/mol. The number of rotatable bonds is 5. The Kier molecular flexibility index (Phi) is 5.17. The van der Waals surface area contributed by atoms with Gasteiger partial charge in [0.15, 0.2) is 0 Å². The van der Waals surface area contributed by atoms with Gasteiger partial charge in [0, 0.05) is 23.6 Å². The van der Waals surface area contributed by atoms with Crippen LogP contribution in [0.25, 0.3) is 17.0 Å². The lowest BCUT2D eigenvalue weighted by atomic mass is 10.1. The van der Waals surface area contributed by atoms with E-state index in [0.717, 1.165) is 16.5 Å². The Morgan fingerprint density at radius 2 is 1.96 bits per heavy atom. The monoisotopic (exact) mass is 350 g/mol. The summed E-state index contributed by atoms with van der Waals surface area (Å²) in [6, 6.07) is 13.8. The fraction of sp³-hybridized carbons (Fsp3) is 0.143. The van der Waals surface area contributed by atoms with Crippen molar-refractivity contribution < 1.29 is 18.7 Å². The first kappa shape index (κ1) is 17.5. The fourth-order valence-corrected chi connectivity index (χ4v) is 2.63. The Morgan fingerprint density at radius 1 is 1.12 bits per heavy atom. The normalized spacial score (nSPS) is 11.0. The first-order valence-electron chi connectivity index (χ1n) is 8.20. The SMILES string of the molecule is CCc1cc(=O)oc2cc(OC(=O)/C=C/c3cccc(OC)c3)ccc12. The largest absolute Gasteiger partial charge is 0.497 e. The summed E-state index contributed by atoms with van der Waals surface area (Å²) >= 11 is 0. The van der Waals surface area contributed by atoms with Gasteiger partial charge >= 0.3 is 11.6 Å². The van der Waals surface area contributed by atoms with Crippen LogP contribution in [0.2, 0.25) is 0 Å². The van der Waals surface area contributed by atoms with Crippen LogP contribution in [-0.2, 0) is 11.2 Å². The first-order valence-corrected chi connectivity index (χ1v) is 8.20. The van der Waals surface area contributed by atoms with Gasteiger partial charge in [0.25, 0.3) is 0 Å². The predicted molar refractivity (Wildman–Crippen MR) is 99.5 cm³/mol. The summed E-state index contributed by atoms with van der Waals surface area (Å²) in [7, 11) is 1.58. The van der Waals surface area contributed by atoms with E-state index < -0.39 is 11.6 Å². The van der Waals surface area contributed by atoms with Crippen LogP contribution in [0.3, 0.4) is 0 Å². The number of methoxy groups -OCH3 is 1. The Morgan fingerprint density at radius 3 is 2.73 bits per heavy atom. The minimum absolute atomic E-state index is 0.314. The molecule has 2 aromatic carbocycles. The minimum Gasteiger partial charge on any atom is -0.497 e. The van der Waals surface area contributed by atoms with Crippen molar-refractivity contribution >= 4 is 23.0 Å². The molecule has 0 aliphatic carbocycles. The van der Waals surface area contributed by atoms with Crippen molar-refractivity contribution in [2.75, 3.05) is 7.11 Å². The van der Waals surface area contributed by atoms with E-state index in [0.29, 0.717) is 23.5 Å². The molecule has 3 rings (SSSR count). The molecule has 26 heavy (non-hydrogen) atoms. The Bertz CT molecular complexity index is 1030. The zero-order chi connectivity index (χ0) is 18.5. The first-order chi connectivity index (χ1) is 12.6. The fourth-order valence-electron chi connectivity index (χ4n) is 2.63. The third-order valence-corrected chi connectivity index (χ3v) is 3.91. The molecule has 0 saturated heterocycles. The van der Waals surface area contributed by atoms with Crippen molar-refractivity contribution in [3.05, 3.63) is 76.2 Å². The maximum atomic E-state index is 12.0. The Balaban J connectivity index is 1.78. The maximum absolute atomic E-state index is 12.0. The summed E-state index contributed by atoms with van der Waals surface area (Å²) in [4.78, 5) is 23.6. The summed E-state index contributed by atoms with van der Waals surface area (Å²) in [5.74, 6) is 0.493. The smallest absolute Gasteiger partial charge is 0.336 e. The molecular formula is C21H18O5. The molecule has 0 radical (unpaired) electrons. The van der Waals surface area contributed by atoms with Crippen molar-refractivity contribution in [2.24, 2.45) is 0 Å². The van der Waals surface area contributed by atoms with Crippen LogP contribution in [0.5, 0.6) is 11.5 Å². The van der Waals surface area contributed by atoms with E-state index in [4.69, 9.17) is 13.9 Å². The number of hydrogen-bond acceptors (Lipinski definition) is 5. The van der Waals surface area contributed by atoms with E-state index in [2.05, 4.69) is 0 Å². The lowest BCUT2D eigenvalue weighted by Crippen LogP contribution is -2.04. The molecule has 0 aliphatic heterocycles. The molecule has 0 atom stereocenters. The second-order valence-electron chi connectivity index (χ2n) is 5.63. The third-order valence-electron chi connectivity index (χ3n) is 3.91. The zero-order valence-electron chi connectivity index (χ0n) is 14.5. The molecule has 0 saturated carbocycles. The van der Waals surface area contributed by atoms with Crippen molar-refractivity contribution in [3.63, 3.8) is 0 Å². The van der Waals surface area contributed by atoms with E-state index in [1.807, 2.05) is 25.1 Å². The lowest BCUT2D eigenvalue weighted by Gasteiger charge is -2.05. The second-order valence-corrected chi connectivity index (χ2v) is 5.63. The number of fused-ring (bicyclic) bond motifs is 1. The minimum atomic E-state index is -0.527. The van der Waals surface area contributed by atoms with Crippen molar-refractivity contribution in [3.8, 4) is 11.5 Å². The number of aryl methyl sites for hydroxylation is 1. The van der Waals surface area contributed by atoms with Gasteiger partial charge in [-0.1, -0.05) is 19.1 Å². The van der Waals surface area contributed by atoms with Crippen LogP contribution in [-0.4, -0.2) is 13.1 Å². The molecule has 5 nitrogen and oxygen atoms in total. The van der Waals surface area contributed by atoms with Crippen molar-refractivity contribution in [1.29, 1.82) is 0 Å². The number of esters is 1. The summed E-state index contributed by atoms with van der Waals surface area (Å²) < 4.78 is 15.6. The Labute approximate surface area is 150 Å². The third kappa shape index (κ3) is 4.00. The average Bonchev–Trinajstić information content (AvgIpc) is 2.65. The van der Waals surface area contributed by atoms with E-state index in [9.17, 15) is 9.59 Å². The standard InChI is InChI=1S/C21H18O5/c1-3-15-12-21(23)26-19-13-17(8-9-18(15)19)25-20(22)10-7-14-5-4-6-16(11-14)24-2/h4-13H,3H2,1-2H3/b10-7+. The Hall–Kier alpha value is -3.34. The molecule has 0 N–H and O–H groups in total. The average molecular weight is 350 g/mol. The van der Waals surface area contributed by atoms with Gasteiger partial charge in [0.1, 0.15) is 17.1 Å². The number of carbonyl (C=O) groups is 1. The zero-order valence-corrected chi connectivity index (χ0v) is 14.5. The number of carbonyl (C=O) groups excluding carboxylic acids is 1. The molecule has 5 heteroatoms. The van der Waals surface area contributed by atoms with Crippen LogP contribution in [0.4, 0.5) is 0 Å². The van der Waals surface area contributed by atoms with Gasteiger partial charge in [-0.05, 0) is 47.9 Å². The topological polar surface area (TPSA) is 65.7 Å². The summed E-state index contributed by atoms with van der Waals surface area (Å²) in [6.45, 7) is 1.96. The van der Waals surface area contributed by atoms with Gasteiger partial charge in [-0.3, -0.25) is 0 Å². The molecule has 0 amide bonds. The van der Waals surface area contributed by atoms with Gasteiger partial charge in [0.2, 0.25) is 0 Å². The van der Waals surface area contributed by atoms with Gasteiger partial charge in [0.05, 0.1) is 7.11 Å². The molecule has 3 aromatic rings.